The molecule has 0 aromatic heterocycles. The molecule has 1 nitrogen and oxygen atoms in total. The first-order valence-electron chi connectivity index (χ1n) is 6.85. The molecule has 18 heavy (non-hydrogen) atoms. The molecule has 0 bridgehead atoms. The summed E-state index contributed by atoms with van der Waals surface area (Å²) in [6, 6.07) is 10.8. The maximum Gasteiger partial charge on any atom is 0.241 e. The molecule has 1 aliphatic rings. The Hall–Kier alpha value is -1.02. The van der Waals surface area contributed by atoms with Gasteiger partial charge in [0.25, 0.3) is 0 Å². The number of hydrogen-bond donors (Lipinski definition) is 0. The van der Waals surface area contributed by atoms with Crippen LogP contribution in [0.1, 0.15) is 31.7 Å². The fraction of sp³-hybridized carbons (Fsp3) is 0.500. The molecule has 2 rings (SSSR count). The van der Waals surface area contributed by atoms with E-state index in [2.05, 4.69) is 63.0 Å². The van der Waals surface area contributed by atoms with Gasteiger partial charge < -0.3 is 4.43 Å². The Morgan fingerprint density at radius 3 is 2.39 bits per heavy atom. The van der Waals surface area contributed by atoms with E-state index in [1.807, 2.05) is 0 Å². The van der Waals surface area contributed by atoms with Crippen molar-refractivity contribution in [1.82, 2.24) is 0 Å². The molecular formula is C16H24OSi. The quantitative estimate of drug-likeness (QED) is 0.705. The van der Waals surface area contributed by atoms with E-state index in [4.69, 9.17) is 4.43 Å². The van der Waals surface area contributed by atoms with Gasteiger partial charge in [-0.3, -0.25) is 0 Å². The van der Waals surface area contributed by atoms with Gasteiger partial charge >= 0.3 is 0 Å². The Balaban J connectivity index is 2.26. The van der Waals surface area contributed by atoms with Gasteiger partial charge in [-0.25, -0.2) is 0 Å². The summed E-state index contributed by atoms with van der Waals surface area (Å²) in [6.07, 6.45) is 5.91. The van der Waals surface area contributed by atoms with Crippen molar-refractivity contribution >= 4 is 8.32 Å². The molecule has 0 spiro atoms. The lowest BCUT2D eigenvalue weighted by molar-refractivity contribution is 0.347. The molecule has 0 N–H and O–H groups in total. The molecule has 0 aliphatic heterocycles. The minimum atomic E-state index is -1.48. The lowest BCUT2D eigenvalue weighted by Gasteiger charge is -2.34. The molecule has 2 heteroatoms. The first kappa shape index (κ1) is 13.4. The molecule has 1 aromatic carbocycles. The Morgan fingerprint density at radius 2 is 1.78 bits per heavy atom. The summed E-state index contributed by atoms with van der Waals surface area (Å²) in [5.41, 5.74) is 1.55. The molecule has 0 radical (unpaired) electrons. The van der Waals surface area contributed by atoms with Crippen molar-refractivity contribution in [3.05, 3.63) is 47.7 Å². The minimum Gasteiger partial charge on any atom is -0.548 e. The summed E-state index contributed by atoms with van der Waals surface area (Å²) in [5.74, 6) is 1.21. The summed E-state index contributed by atoms with van der Waals surface area (Å²) in [7, 11) is -1.48. The van der Waals surface area contributed by atoms with E-state index < -0.39 is 8.32 Å². The highest BCUT2D eigenvalue weighted by molar-refractivity contribution is 6.70. The number of benzene rings is 1. The zero-order chi connectivity index (χ0) is 13.2. The Bertz CT molecular complexity index is 430. The Labute approximate surface area is 112 Å². The maximum absolute atomic E-state index is 6.20. The number of rotatable bonds is 3. The molecule has 1 atom stereocenters. The van der Waals surface area contributed by atoms with E-state index in [9.17, 15) is 0 Å². The summed E-state index contributed by atoms with van der Waals surface area (Å²) < 4.78 is 6.20. The van der Waals surface area contributed by atoms with Crippen molar-refractivity contribution in [3.63, 3.8) is 0 Å². The highest BCUT2D eigenvalue weighted by Crippen LogP contribution is 2.38. The fourth-order valence-corrected chi connectivity index (χ4v) is 3.60. The molecule has 0 amide bonds. The van der Waals surface area contributed by atoms with Crippen LogP contribution < -0.4 is 0 Å². The topological polar surface area (TPSA) is 9.23 Å². The van der Waals surface area contributed by atoms with Gasteiger partial charge in [-0.05, 0) is 44.1 Å². The minimum absolute atomic E-state index is 0.147. The SMILES string of the molecule is C[C@@]1(c2ccccc2)C=C(O[Si](C)(C)C)CCC1. The second kappa shape index (κ2) is 4.92. The largest absolute Gasteiger partial charge is 0.548 e. The van der Waals surface area contributed by atoms with Gasteiger partial charge in [0.2, 0.25) is 8.32 Å². The number of allylic oxidation sites excluding steroid dienone is 2. The average molecular weight is 260 g/mol. The van der Waals surface area contributed by atoms with Crippen molar-refractivity contribution in [2.24, 2.45) is 0 Å². The van der Waals surface area contributed by atoms with Crippen molar-refractivity contribution in [3.8, 4) is 0 Å². The van der Waals surface area contributed by atoms with E-state index in [0.717, 1.165) is 6.42 Å². The van der Waals surface area contributed by atoms with Gasteiger partial charge in [0, 0.05) is 11.8 Å². The molecule has 0 saturated carbocycles. The molecule has 1 aliphatic carbocycles. The van der Waals surface area contributed by atoms with Crippen LogP contribution in [0, 0.1) is 0 Å². The van der Waals surface area contributed by atoms with Crippen LogP contribution in [0.3, 0.4) is 0 Å². The zero-order valence-electron chi connectivity index (χ0n) is 12.0. The summed E-state index contributed by atoms with van der Waals surface area (Å²) in [4.78, 5) is 0. The highest BCUT2D eigenvalue weighted by atomic mass is 28.4. The summed E-state index contributed by atoms with van der Waals surface area (Å²) in [5, 5.41) is 0. The van der Waals surface area contributed by atoms with Crippen LogP contribution in [0.5, 0.6) is 0 Å². The molecule has 0 unspecified atom stereocenters. The van der Waals surface area contributed by atoms with Crippen LogP contribution in [-0.2, 0) is 9.84 Å². The van der Waals surface area contributed by atoms with Gasteiger partial charge in [0.1, 0.15) is 0 Å². The molecule has 0 fully saturated rings. The first-order chi connectivity index (χ1) is 8.39. The molecule has 0 heterocycles. The zero-order valence-corrected chi connectivity index (χ0v) is 13.0. The molecule has 98 valence electrons. The van der Waals surface area contributed by atoms with Crippen LogP contribution >= 0.6 is 0 Å². The second-order valence-electron chi connectivity index (χ2n) is 6.46. The standard InChI is InChI=1S/C16H24OSi/c1-16(14-9-6-5-7-10-14)12-8-11-15(13-16)17-18(2,3)4/h5-7,9-10,13H,8,11-12H2,1-4H3/t16-/m0/s1. The number of hydrogen-bond acceptors (Lipinski definition) is 1. The van der Waals surface area contributed by atoms with E-state index in [0.29, 0.717) is 0 Å². The van der Waals surface area contributed by atoms with Crippen molar-refractivity contribution < 1.29 is 4.43 Å². The van der Waals surface area contributed by atoms with E-state index >= 15 is 0 Å². The van der Waals surface area contributed by atoms with Gasteiger partial charge in [0.15, 0.2) is 0 Å². The van der Waals surface area contributed by atoms with Crippen LogP contribution in [0.4, 0.5) is 0 Å². The van der Waals surface area contributed by atoms with Gasteiger partial charge in [-0.15, -0.1) is 0 Å². The third kappa shape index (κ3) is 3.26. The van der Waals surface area contributed by atoms with Crippen molar-refractivity contribution in [2.45, 2.75) is 51.2 Å². The first-order valence-corrected chi connectivity index (χ1v) is 10.3. The lowest BCUT2D eigenvalue weighted by Crippen LogP contribution is -2.29. The van der Waals surface area contributed by atoms with Crippen LogP contribution in [0.15, 0.2) is 42.2 Å². The van der Waals surface area contributed by atoms with Gasteiger partial charge in [-0.1, -0.05) is 37.3 Å². The maximum atomic E-state index is 6.20. The lowest BCUT2D eigenvalue weighted by atomic mass is 9.75. The smallest absolute Gasteiger partial charge is 0.241 e. The van der Waals surface area contributed by atoms with Crippen LogP contribution in [0.25, 0.3) is 0 Å². The fourth-order valence-electron chi connectivity index (χ4n) is 2.65. The summed E-state index contributed by atoms with van der Waals surface area (Å²) in [6.45, 7) is 9.09. The third-order valence-electron chi connectivity index (χ3n) is 3.47. The molecular weight excluding hydrogens is 236 g/mol. The predicted molar refractivity (Wildman–Crippen MR) is 80.2 cm³/mol. The van der Waals surface area contributed by atoms with Gasteiger partial charge in [-0.2, -0.15) is 0 Å². The van der Waals surface area contributed by atoms with Gasteiger partial charge in [0.05, 0.1) is 5.76 Å². The predicted octanol–water partition coefficient (Wildman–Crippen LogP) is 4.86. The van der Waals surface area contributed by atoms with Crippen LogP contribution in [-0.4, -0.2) is 8.32 Å². The highest BCUT2D eigenvalue weighted by Gasteiger charge is 2.29. The van der Waals surface area contributed by atoms with E-state index in [1.54, 1.807) is 0 Å². The van der Waals surface area contributed by atoms with Crippen molar-refractivity contribution in [1.29, 1.82) is 0 Å². The van der Waals surface area contributed by atoms with E-state index in [1.165, 1.54) is 24.2 Å². The third-order valence-corrected chi connectivity index (χ3v) is 4.34. The average Bonchev–Trinajstić information content (AvgIpc) is 2.28. The Kier molecular flexibility index (Phi) is 3.67. The van der Waals surface area contributed by atoms with E-state index in [-0.39, 0.29) is 5.41 Å². The monoisotopic (exact) mass is 260 g/mol. The normalized spacial score (nSPS) is 24.6. The molecule has 1 aromatic rings. The summed E-state index contributed by atoms with van der Waals surface area (Å²) >= 11 is 0. The Morgan fingerprint density at radius 1 is 1.11 bits per heavy atom. The second-order valence-corrected chi connectivity index (χ2v) is 10.9. The molecule has 0 saturated heterocycles. The van der Waals surface area contributed by atoms with Crippen molar-refractivity contribution in [2.75, 3.05) is 0 Å². The van der Waals surface area contributed by atoms with Crippen LogP contribution in [0.2, 0.25) is 19.6 Å².